The highest BCUT2D eigenvalue weighted by atomic mass is 19.1. The summed E-state index contributed by atoms with van der Waals surface area (Å²) in [4.78, 5) is 31.5. The van der Waals surface area contributed by atoms with Gasteiger partial charge in [0.1, 0.15) is 34.6 Å². The monoisotopic (exact) mass is 681 g/mol. The molecule has 0 bridgehead atoms. The van der Waals surface area contributed by atoms with E-state index < -0.39 is 58.3 Å². The van der Waals surface area contributed by atoms with Crippen LogP contribution in [0.25, 0.3) is 11.3 Å². The Kier molecular flexibility index (Phi) is 7.78. The summed E-state index contributed by atoms with van der Waals surface area (Å²) in [5, 5.41) is 12.4. The average Bonchev–Trinajstić information content (AvgIpc) is 3.09. The fourth-order valence-electron chi connectivity index (χ4n) is 9.65. The lowest BCUT2D eigenvalue weighted by Crippen LogP contribution is -2.72. The number of hydrogen-bond donors (Lipinski definition) is 1. The maximum atomic E-state index is 13.8. The molecule has 4 heterocycles. The van der Waals surface area contributed by atoms with Gasteiger partial charge < -0.3 is 28.5 Å². The number of esters is 1. The van der Waals surface area contributed by atoms with Gasteiger partial charge in [-0.1, -0.05) is 38.1 Å². The van der Waals surface area contributed by atoms with Crippen molar-refractivity contribution < 1.29 is 37.7 Å². The fourth-order valence-corrected chi connectivity index (χ4v) is 9.65. The van der Waals surface area contributed by atoms with E-state index in [2.05, 4.69) is 18.8 Å². The molecule has 9 atom stereocenters. The van der Waals surface area contributed by atoms with Crippen molar-refractivity contribution in [2.45, 2.75) is 77.2 Å². The highest BCUT2D eigenvalue weighted by Gasteiger charge is 2.71. The molecule has 4 aliphatic rings. The predicted octanol–water partition coefficient (Wildman–Crippen LogP) is 7.12. The zero-order valence-corrected chi connectivity index (χ0v) is 28.4. The summed E-state index contributed by atoms with van der Waals surface area (Å²) >= 11 is 0. The third kappa shape index (κ3) is 5.02. The van der Waals surface area contributed by atoms with Crippen molar-refractivity contribution in [2.24, 2.45) is 22.7 Å². The number of hydrogen-bond acceptors (Lipinski definition) is 9. The second kappa shape index (κ2) is 11.9. The predicted molar refractivity (Wildman–Crippen MR) is 180 cm³/mol. The molecule has 9 nitrogen and oxygen atoms in total. The summed E-state index contributed by atoms with van der Waals surface area (Å²) < 4.78 is 45.9. The molecule has 4 aromatic rings. The average molecular weight is 682 g/mol. The van der Waals surface area contributed by atoms with E-state index in [1.54, 1.807) is 30.6 Å². The van der Waals surface area contributed by atoms with Gasteiger partial charge in [0.15, 0.2) is 6.29 Å². The van der Waals surface area contributed by atoms with Crippen molar-refractivity contribution in [1.82, 2.24) is 4.98 Å². The van der Waals surface area contributed by atoms with Crippen LogP contribution in [0.15, 0.2) is 88.3 Å². The van der Waals surface area contributed by atoms with Crippen molar-refractivity contribution in [2.75, 3.05) is 6.61 Å². The van der Waals surface area contributed by atoms with Crippen molar-refractivity contribution in [1.29, 1.82) is 0 Å². The Morgan fingerprint density at radius 1 is 1.04 bits per heavy atom. The molecule has 3 unspecified atom stereocenters. The van der Waals surface area contributed by atoms with E-state index in [4.69, 9.17) is 23.4 Å². The van der Waals surface area contributed by atoms with Crippen LogP contribution in [0.4, 0.5) is 4.39 Å². The summed E-state index contributed by atoms with van der Waals surface area (Å²) in [6.07, 6.45) is 2.05. The van der Waals surface area contributed by atoms with E-state index in [1.807, 2.05) is 38.1 Å². The van der Waals surface area contributed by atoms with Crippen LogP contribution in [0.3, 0.4) is 0 Å². The fraction of sp³-hybridized carbons (Fsp3) is 0.425. The van der Waals surface area contributed by atoms with Gasteiger partial charge >= 0.3 is 11.6 Å². The molecule has 0 spiro atoms. The van der Waals surface area contributed by atoms with Gasteiger partial charge in [-0.05, 0) is 86.4 Å². The van der Waals surface area contributed by atoms with Crippen molar-refractivity contribution in [3.05, 3.63) is 118 Å². The van der Waals surface area contributed by atoms with Gasteiger partial charge in [-0.25, -0.2) is 14.0 Å². The number of aryl methyl sites for hydroxylation is 1. The number of aliphatic hydroxyl groups excluding tert-OH is 1. The number of ether oxygens (including phenoxy) is 4. The molecule has 0 radical (unpaired) electrons. The zero-order valence-electron chi connectivity index (χ0n) is 28.4. The van der Waals surface area contributed by atoms with Gasteiger partial charge in [-0.2, -0.15) is 0 Å². The van der Waals surface area contributed by atoms with E-state index in [0.29, 0.717) is 31.4 Å². The number of halogens is 1. The summed E-state index contributed by atoms with van der Waals surface area (Å²) in [7, 11) is 0. The number of benzene rings is 2. The number of carbonyl (C=O) groups is 1. The van der Waals surface area contributed by atoms with E-state index in [1.165, 1.54) is 24.3 Å². The molecule has 10 heteroatoms. The first-order chi connectivity index (χ1) is 23.9. The maximum absolute atomic E-state index is 13.8. The molecule has 0 amide bonds. The molecule has 3 fully saturated rings. The first-order valence-corrected chi connectivity index (χ1v) is 17.2. The molecule has 8 rings (SSSR count). The lowest BCUT2D eigenvalue weighted by molar-refractivity contribution is -0.330. The Morgan fingerprint density at radius 3 is 2.56 bits per heavy atom. The first-order valence-electron chi connectivity index (χ1n) is 17.2. The Balaban J connectivity index is 1.21. The van der Waals surface area contributed by atoms with Gasteiger partial charge in [0.25, 0.3) is 0 Å². The molecule has 2 aliphatic heterocycles. The minimum absolute atomic E-state index is 0.0358. The maximum Gasteiger partial charge on any atom is 0.345 e. The Morgan fingerprint density at radius 2 is 1.82 bits per heavy atom. The van der Waals surface area contributed by atoms with Crippen LogP contribution in [0.5, 0.6) is 5.75 Å². The molecule has 260 valence electrons. The summed E-state index contributed by atoms with van der Waals surface area (Å²) in [6, 6.07) is 18.3. The third-order valence-corrected chi connectivity index (χ3v) is 12.1. The normalized spacial score (nSPS) is 34.3. The van der Waals surface area contributed by atoms with Crippen LogP contribution in [0.2, 0.25) is 0 Å². The molecular weight excluding hydrogens is 641 g/mol. The van der Waals surface area contributed by atoms with E-state index in [0.717, 1.165) is 11.1 Å². The summed E-state index contributed by atoms with van der Waals surface area (Å²) in [6.45, 7) is 8.55. The zero-order chi connectivity index (χ0) is 35.0. The first kappa shape index (κ1) is 32.8. The van der Waals surface area contributed by atoms with Crippen LogP contribution in [0, 0.1) is 35.4 Å². The topological polar surface area (TPSA) is 117 Å². The number of carbonyl (C=O) groups excluding carboxylic acids is 1. The van der Waals surface area contributed by atoms with Crippen LogP contribution >= 0.6 is 0 Å². The van der Waals surface area contributed by atoms with Gasteiger partial charge in [0, 0.05) is 40.9 Å². The SMILES string of the molecule is Cc1ccccc1[C@@H]1OC[C@@]2(C)C3C[C@H](OC(=O)c4ccc(F)cc4)C4(C)Oc5cc(-c6cccnc6)oc(=O)c5[C@H](O)C4[C@@]3(C)CC[C@@H]2O1. The standard InChI is InChI=1S/C40H40FNO8/c1-22-8-5-6-10-26(22)37-46-21-39(3)29-19-31(48-35(44)23-11-13-25(41)14-12-23)40(4)34(38(29,2)16-15-30(39)49-37)33(43)32-28(50-40)18-27(47-36(32)45)24-9-7-17-42-20-24/h5-14,17-18,20,29-31,33-34,37,43H,15-16,19,21H2,1-4H3/t29?,30-,31-,33-,34?,37+,38-,39-,40?/m0/s1. The number of fused-ring (bicyclic) bond motifs is 6. The molecule has 50 heavy (non-hydrogen) atoms. The Bertz CT molecular complexity index is 2000. The van der Waals surface area contributed by atoms with Gasteiger partial charge in [0.2, 0.25) is 0 Å². The van der Waals surface area contributed by atoms with Gasteiger partial charge in [-0.3, -0.25) is 4.98 Å². The van der Waals surface area contributed by atoms with Crippen LogP contribution in [-0.4, -0.2) is 40.5 Å². The number of aliphatic hydroxyl groups is 1. The highest BCUT2D eigenvalue weighted by Crippen LogP contribution is 2.68. The Labute approximate surface area is 289 Å². The van der Waals surface area contributed by atoms with E-state index in [-0.39, 0.29) is 34.7 Å². The van der Waals surface area contributed by atoms with Crippen LogP contribution in [0.1, 0.15) is 79.5 Å². The molecular formula is C40H40FNO8. The summed E-state index contributed by atoms with van der Waals surface area (Å²) in [5.41, 5.74) is -0.258. The second-order valence-electron chi connectivity index (χ2n) is 15.0. The number of nitrogens with zero attached hydrogens (tertiary/aromatic N) is 1. The van der Waals surface area contributed by atoms with Crippen LogP contribution in [-0.2, 0) is 14.2 Å². The number of aromatic nitrogens is 1. The smallest absolute Gasteiger partial charge is 0.345 e. The van der Waals surface area contributed by atoms with E-state index in [9.17, 15) is 19.1 Å². The lowest BCUT2D eigenvalue weighted by Gasteiger charge is -2.67. The molecule has 2 saturated carbocycles. The minimum atomic E-state index is -1.30. The van der Waals surface area contributed by atoms with Crippen molar-refractivity contribution >= 4 is 5.97 Å². The molecule has 1 saturated heterocycles. The number of rotatable bonds is 4. The summed E-state index contributed by atoms with van der Waals surface area (Å²) in [5.74, 6) is -1.57. The largest absolute Gasteiger partial charge is 0.482 e. The molecule has 2 aromatic heterocycles. The van der Waals surface area contributed by atoms with Crippen molar-refractivity contribution in [3.63, 3.8) is 0 Å². The second-order valence-corrected chi connectivity index (χ2v) is 15.0. The lowest BCUT2D eigenvalue weighted by atomic mass is 9.42. The minimum Gasteiger partial charge on any atom is -0.482 e. The molecule has 2 aliphatic carbocycles. The van der Waals surface area contributed by atoms with Crippen molar-refractivity contribution in [3.8, 4) is 17.1 Å². The number of pyridine rings is 1. The molecule has 2 aromatic carbocycles. The highest BCUT2D eigenvalue weighted by molar-refractivity contribution is 5.89. The van der Waals surface area contributed by atoms with Gasteiger partial charge in [-0.15, -0.1) is 0 Å². The Hall–Kier alpha value is -4.38. The third-order valence-electron chi connectivity index (χ3n) is 12.1. The van der Waals surface area contributed by atoms with Crippen LogP contribution < -0.4 is 10.4 Å². The van der Waals surface area contributed by atoms with E-state index >= 15 is 0 Å². The quantitative estimate of drug-likeness (QED) is 0.225. The van der Waals surface area contributed by atoms with Gasteiger partial charge in [0.05, 0.1) is 24.4 Å². The molecule has 1 N–H and O–H groups in total.